The molecule has 2 N–H and O–H groups in total. The van der Waals surface area contributed by atoms with Gasteiger partial charge in [0.15, 0.2) is 0 Å². The average molecular weight is 262 g/mol. The molecule has 0 amide bonds. The van der Waals surface area contributed by atoms with Gasteiger partial charge in [-0.3, -0.25) is 0 Å². The molecule has 19 heavy (non-hydrogen) atoms. The number of hydrogen-bond donors (Lipinski definition) is 2. The zero-order valence-electron chi connectivity index (χ0n) is 12.1. The van der Waals surface area contributed by atoms with Gasteiger partial charge in [0, 0.05) is 23.8 Å². The van der Waals surface area contributed by atoms with E-state index in [1.165, 1.54) is 25.9 Å². The van der Waals surface area contributed by atoms with Crippen LogP contribution in [0.15, 0.2) is 24.3 Å². The Morgan fingerprint density at radius 1 is 1.42 bits per heavy atom. The molecule has 1 aliphatic rings. The predicted molar refractivity (Wildman–Crippen MR) is 80.3 cm³/mol. The lowest BCUT2D eigenvalue weighted by molar-refractivity contribution is 0.172. The summed E-state index contributed by atoms with van der Waals surface area (Å²) in [6.45, 7) is 8.18. The molecule has 1 heterocycles. The van der Waals surface area contributed by atoms with E-state index in [4.69, 9.17) is 0 Å². The van der Waals surface area contributed by atoms with Crippen LogP contribution in [0.1, 0.15) is 32.3 Å². The maximum atomic E-state index is 9.37. The number of anilines is 1. The highest BCUT2D eigenvalue weighted by molar-refractivity contribution is 5.51. The smallest absolute Gasteiger partial charge is 0.0701 e. The molecule has 3 heteroatoms. The first-order valence-electron chi connectivity index (χ1n) is 7.42. The van der Waals surface area contributed by atoms with Gasteiger partial charge >= 0.3 is 0 Å². The molecule has 1 aliphatic heterocycles. The number of rotatable bonds is 5. The highest BCUT2D eigenvalue weighted by Gasteiger charge is 2.24. The number of piperidine rings is 1. The van der Waals surface area contributed by atoms with Crippen molar-refractivity contribution in [3.63, 3.8) is 0 Å². The Kier molecular flexibility index (Phi) is 5.23. The van der Waals surface area contributed by atoms with Crippen molar-refractivity contribution < 1.29 is 5.11 Å². The van der Waals surface area contributed by atoms with Crippen molar-refractivity contribution in [2.75, 3.05) is 25.0 Å². The second-order valence-electron chi connectivity index (χ2n) is 5.54. The van der Waals surface area contributed by atoms with E-state index in [-0.39, 0.29) is 6.61 Å². The molecule has 1 aromatic rings. The Morgan fingerprint density at radius 3 is 2.95 bits per heavy atom. The molecule has 1 saturated heterocycles. The SMILES string of the molecule is CCN1CCCC(C(C)Nc2ccccc2CO)C1. The number of hydrogen-bond acceptors (Lipinski definition) is 3. The van der Waals surface area contributed by atoms with E-state index >= 15 is 0 Å². The van der Waals surface area contributed by atoms with Crippen molar-refractivity contribution in [3.05, 3.63) is 29.8 Å². The van der Waals surface area contributed by atoms with Crippen molar-refractivity contribution in [3.8, 4) is 0 Å². The molecule has 1 fully saturated rings. The van der Waals surface area contributed by atoms with Crippen molar-refractivity contribution in [2.45, 2.75) is 39.3 Å². The molecule has 2 atom stereocenters. The van der Waals surface area contributed by atoms with E-state index in [1.807, 2.05) is 18.2 Å². The van der Waals surface area contributed by atoms with Crippen LogP contribution in [0.2, 0.25) is 0 Å². The van der Waals surface area contributed by atoms with Crippen LogP contribution < -0.4 is 5.32 Å². The van der Waals surface area contributed by atoms with E-state index in [0.29, 0.717) is 12.0 Å². The molecule has 3 nitrogen and oxygen atoms in total. The first-order valence-corrected chi connectivity index (χ1v) is 7.42. The van der Waals surface area contributed by atoms with Crippen LogP contribution >= 0.6 is 0 Å². The minimum Gasteiger partial charge on any atom is -0.392 e. The molecule has 0 radical (unpaired) electrons. The largest absolute Gasteiger partial charge is 0.392 e. The highest BCUT2D eigenvalue weighted by atomic mass is 16.3. The van der Waals surface area contributed by atoms with E-state index < -0.39 is 0 Å². The van der Waals surface area contributed by atoms with Crippen molar-refractivity contribution in [2.24, 2.45) is 5.92 Å². The summed E-state index contributed by atoms with van der Waals surface area (Å²) in [4.78, 5) is 2.53. The van der Waals surface area contributed by atoms with Crippen LogP contribution in [0.4, 0.5) is 5.69 Å². The van der Waals surface area contributed by atoms with E-state index in [2.05, 4.69) is 30.1 Å². The van der Waals surface area contributed by atoms with Gasteiger partial charge in [0.05, 0.1) is 6.61 Å². The molecule has 2 unspecified atom stereocenters. The molecular formula is C16H26N2O. The van der Waals surface area contributed by atoms with Gasteiger partial charge in [-0.2, -0.15) is 0 Å². The summed E-state index contributed by atoms with van der Waals surface area (Å²) in [7, 11) is 0. The Labute approximate surface area is 116 Å². The fourth-order valence-corrected chi connectivity index (χ4v) is 2.95. The standard InChI is InChI=1S/C16H26N2O/c1-3-18-10-6-8-14(11-18)13(2)17-16-9-5-4-7-15(16)12-19/h4-5,7,9,13-14,17,19H,3,6,8,10-12H2,1-2H3. The molecule has 2 rings (SSSR count). The topological polar surface area (TPSA) is 35.5 Å². The second-order valence-corrected chi connectivity index (χ2v) is 5.54. The first kappa shape index (κ1) is 14.4. The normalized spacial score (nSPS) is 22.2. The van der Waals surface area contributed by atoms with Crippen molar-refractivity contribution in [1.82, 2.24) is 4.90 Å². The van der Waals surface area contributed by atoms with Crippen LogP contribution in [0.3, 0.4) is 0 Å². The molecule has 106 valence electrons. The van der Waals surface area contributed by atoms with Crippen LogP contribution in [-0.4, -0.2) is 35.7 Å². The van der Waals surface area contributed by atoms with E-state index in [9.17, 15) is 5.11 Å². The lowest BCUT2D eigenvalue weighted by Gasteiger charge is -2.36. The Bertz CT molecular complexity index is 394. The Balaban J connectivity index is 1.98. The van der Waals surface area contributed by atoms with Gasteiger partial charge in [0.1, 0.15) is 0 Å². The molecule has 0 bridgehead atoms. The number of benzene rings is 1. The number of likely N-dealkylation sites (tertiary alicyclic amines) is 1. The minimum atomic E-state index is 0.0989. The average Bonchev–Trinajstić information content (AvgIpc) is 2.47. The molecular weight excluding hydrogens is 236 g/mol. The second kappa shape index (κ2) is 6.92. The summed E-state index contributed by atoms with van der Waals surface area (Å²) >= 11 is 0. The van der Waals surface area contributed by atoms with Gasteiger partial charge in [-0.15, -0.1) is 0 Å². The summed E-state index contributed by atoms with van der Waals surface area (Å²) in [6, 6.07) is 8.48. The van der Waals surface area contributed by atoms with Crippen LogP contribution in [0.25, 0.3) is 0 Å². The summed E-state index contributed by atoms with van der Waals surface area (Å²) in [5.41, 5.74) is 2.06. The van der Waals surface area contributed by atoms with Gasteiger partial charge in [-0.1, -0.05) is 25.1 Å². The van der Waals surface area contributed by atoms with Gasteiger partial charge in [-0.25, -0.2) is 0 Å². The number of aliphatic hydroxyl groups excluding tert-OH is 1. The maximum absolute atomic E-state index is 9.37. The van der Waals surface area contributed by atoms with Crippen molar-refractivity contribution >= 4 is 5.69 Å². The molecule has 1 aromatic carbocycles. The summed E-state index contributed by atoms with van der Waals surface area (Å²) in [5, 5.41) is 13.0. The molecule has 0 aromatic heterocycles. The quantitative estimate of drug-likeness (QED) is 0.856. The fourth-order valence-electron chi connectivity index (χ4n) is 2.95. The third-order valence-corrected chi connectivity index (χ3v) is 4.27. The van der Waals surface area contributed by atoms with Crippen molar-refractivity contribution in [1.29, 1.82) is 0 Å². The Hall–Kier alpha value is -1.06. The van der Waals surface area contributed by atoms with Crippen LogP contribution in [0, 0.1) is 5.92 Å². The highest BCUT2D eigenvalue weighted by Crippen LogP contribution is 2.24. The summed E-state index contributed by atoms with van der Waals surface area (Å²) in [6.07, 6.45) is 2.60. The number of aliphatic hydroxyl groups is 1. The van der Waals surface area contributed by atoms with Gasteiger partial charge < -0.3 is 15.3 Å². The molecule has 0 aliphatic carbocycles. The Morgan fingerprint density at radius 2 is 2.21 bits per heavy atom. The van der Waals surface area contributed by atoms with E-state index in [0.717, 1.165) is 17.8 Å². The van der Waals surface area contributed by atoms with Crippen LogP contribution in [0.5, 0.6) is 0 Å². The third kappa shape index (κ3) is 3.71. The van der Waals surface area contributed by atoms with Gasteiger partial charge in [0.25, 0.3) is 0 Å². The molecule has 0 saturated carbocycles. The monoisotopic (exact) mass is 262 g/mol. The summed E-state index contributed by atoms with van der Waals surface area (Å²) in [5.74, 6) is 0.695. The van der Waals surface area contributed by atoms with Gasteiger partial charge in [-0.05, 0) is 44.8 Å². The maximum Gasteiger partial charge on any atom is 0.0701 e. The lowest BCUT2D eigenvalue weighted by Crippen LogP contribution is -2.41. The van der Waals surface area contributed by atoms with Crippen LogP contribution in [-0.2, 0) is 6.61 Å². The fraction of sp³-hybridized carbons (Fsp3) is 0.625. The third-order valence-electron chi connectivity index (χ3n) is 4.27. The zero-order chi connectivity index (χ0) is 13.7. The number of nitrogens with one attached hydrogen (secondary N) is 1. The number of nitrogens with zero attached hydrogens (tertiary/aromatic N) is 1. The first-order chi connectivity index (χ1) is 9.24. The predicted octanol–water partition coefficient (Wildman–Crippen LogP) is 2.71. The lowest BCUT2D eigenvalue weighted by atomic mass is 9.91. The molecule has 0 spiro atoms. The van der Waals surface area contributed by atoms with Gasteiger partial charge in [0.2, 0.25) is 0 Å². The zero-order valence-corrected chi connectivity index (χ0v) is 12.1. The summed E-state index contributed by atoms with van der Waals surface area (Å²) < 4.78 is 0. The number of para-hydroxylation sites is 1. The van der Waals surface area contributed by atoms with E-state index in [1.54, 1.807) is 0 Å². The minimum absolute atomic E-state index is 0.0989.